The van der Waals surface area contributed by atoms with Gasteiger partial charge in [0.25, 0.3) is 0 Å². The number of benzene rings is 1. The van der Waals surface area contributed by atoms with Crippen molar-refractivity contribution in [2.45, 2.75) is 11.3 Å². The van der Waals surface area contributed by atoms with Gasteiger partial charge in [-0.05, 0) is 40.8 Å². The average Bonchev–Trinajstić information content (AvgIpc) is 2.82. The van der Waals surface area contributed by atoms with E-state index in [1.165, 1.54) is 0 Å². The lowest BCUT2D eigenvalue weighted by atomic mass is 10.2. The zero-order valence-electron chi connectivity index (χ0n) is 9.47. The van der Waals surface area contributed by atoms with Crippen LogP contribution in [0, 0.1) is 0 Å². The molecule has 0 fully saturated rings. The number of anilines is 1. The molecule has 0 spiro atoms. The standard InChI is InChI=1S/C13H13NOS2/c1-16-12-5-3-2-4-11(12)14-13(15)8-10-6-7-17-9-10/h2-7,9H,8H2,1H3,(H,14,15). The Kier molecular flexibility index (Phi) is 4.23. The molecule has 0 atom stereocenters. The van der Waals surface area contributed by atoms with E-state index in [0.717, 1.165) is 16.1 Å². The van der Waals surface area contributed by atoms with Crippen LogP contribution in [-0.4, -0.2) is 12.2 Å². The van der Waals surface area contributed by atoms with Crippen molar-refractivity contribution < 1.29 is 4.79 Å². The summed E-state index contributed by atoms with van der Waals surface area (Å²) in [5.74, 6) is 0.0323. The molecule has 0 bridgehead atoms. The maximum absolute atomic E-state index is 11.8. The van der Waals surface area contributed by atoms with Gasteiger partial charge in [-0.15, -0.1) is 11.8 Å². The molecule has 0 radical (unpaired) electrons. The molecule has 88 valence electrons. The van der Waals surface area contributed by atoms with Gasteiger partial charge in [-0.1, -0.05) is 12.1 Å². The summed E-state index contributed by atoms with van der Waals surface area (Å²) in [4.78, 5) is 12.9. The van der Waals surface area contributed by atoms with Crippen LogP contribution in [0.15, 0.2) is 46.0 Å². The molecule has 2 aromatic rings. The molecule has 1 aromatic heterocycles. The van der Waals surface area contributed by atoms with Crippen LogP contribution in [0.2, 0.25) is 0 Å². The molecule has 1 heterocycles. The van der Waals surface area contributed by atoms with Gasteiger partial charge in [-0.2, -0.15) is 11.3 Å². The summed E-state index contributed by atoms with van der Waals surface area (Å²) in [6.45, 7) is 0. The van der Waals surface area contributed by atoms with E-state index in [2.05, 4.69) is 5.32 Å². The van der Waals surface area contributed by atoms with E-state index in [9.17, 15) is 4.79 Å². The van der Waals surface area contributed by atoms with Gasteiger partial charge < -0.3 is 5.32 Å². The molecule has 4 heteroatoms. The first-order valence-corrected chi connectivity index (χ1v) is 7.40. The first-order chi connectivity index (χ1) is 8.29. The fourth-order valence-corrected chi connectivity index (χ4v) is 2.74. The van der Waals surface area contributed by atoms with Gasteiger partial charge in [-0.25, -0.2) is 0 Å². The summed E-state index contributed by atoms with van der Waals surface area (Å²) in [5, 5.41) is 6.93. The van der Waals surface area contributed by atoms with Crippen molar-refractivity contribution >= 4 is 34.7 Å². The highest BCUT2D eigenvalue weighted by molar-refractivity contribution is 7.98. The van der Waals surface area contributed by atoms with Crippen LogP contribution in [-0.2, 0) is 11.2 Å². The quantitative estimate of drug-likeness (QED) is 0.853. The number of hydrogen-bond acceptors (Lipinski definition) is 3. The van der Waals surface area contributed by atoms with Gasteiger partial charge in [0.05, 0.1) is 12.1 Å². The summed E-state index contributed by atoms with van der Waals surface area (Å²) < 4.78 is 0. The van der Waals surface area contributed by atoms with Crippen molar-refractivity contribution in [2.24, 2.45) is 0 Å². The molecule has 0 saturated carbocycles. The van der Waals surface area contributed by atoms with Crippen LogP contribution in [0.4, 0.5) is 5.69 Å². The van der Waals surface area contributed by atoms with E-state index in [1.54, 1.807) is 23.1 Å². The third-order valence-corrected chi connectivity index (χ3v) is 3.85. The number of amides is 1. The SMILES string of the molecule is CSc1ccccc1NC(=O)Cc1ccsc1. The van der Waals surface area contributed by atoms with E-state index >= 15 is 0 Å². The van der Waals surface area contributed by atoms with E-state index < -0.39 is 0 Å². The van der Waals surface area contributed by atoms with Crippen molar-refractivity contribution in [2.75, 3.05) is 11.6 Å². The third-order valence-electron chi connectivity index (χ3n) is 2.33. The lowest BCUT2D eigenvalue weighted by molar-refractivity contribution is -0.115. The Morgan fingerprint density at radius 2 is 2.18 bits per heavy atom. The van der Waals surface area contributed by atoms with Gasteiger partial charge in [-0.3, -0.25) is 4.79 Å². The van der Waals surface area contributed by atoms with Crippen LogP contribution in [0.3, 0.4) is 0 Å². The number of carbonyl (C=O) groups is 1. The number of thiophene rings is 1. The zero-order valence-corrected chi connectivity index (χ0v) is 11.1. The van der Waals surface area contributed by atoms with Gasteiger partial charge >= 0.3 is 0 Å². The fraction of sp³-hybridized carbons (Fsp3) is 0.154. The minimum atomic E-state index is 0.0323. The maximum atomic E-state index is 11.8. The van der Waals surface area contributed by atoms with E-state index in [1.807, 2.05) is 47.3 Å². The molecule has 1 aromatic carbocycles. The molecule has 0 aliphatic heterocycles. The molecule has 0 aliphatic rings. The minimum Gasteiger partial charge on any atom is -0.325 e. The van der Waals surface area contributed by atoms with Crippen LogP contribution < -0.4 is 5.32 Å². The topological polar surface area (TPSA) is 29.1 Å². The lowest BCUT2D eigenvalue weighted by Gasteiger charge is -2.08. The molecule has 1 N–H and O–H groups in total. The smallest absolute Gasteiger partial charge is 0.228 e. The Labute approximate surface area is 109 Å². The Balaban J connectivity index is 2.03. The summed E-state index contributed by atoms with van der Waals surface area (Å²) in [5.41, 5.74) is 1.95. The van der Waals surface area contributed by atoms with E-state index in [0.29, 0.717) is 6.42 Å². The highest BCUT2D eigenvalue weighted by Crippen LogP contribution is 2.24. The van der Waals surface area contributed by atoms with Gasteiger partial charge in [0, 0.05) is 4.90 Å². The summed E-state index contributed by atoms with van der Waals surface area (Å²) in [6, 6.07) is 9.81. The number of thioether (sulfide) groups is 1. The second kappa shape index (κ2) is 5.89. The van der Waals surface area contributed by atoms with Crippen molar-refractivity contribution in [3.63, 3.8) is 0 Å². The van der Waals surface area contributed by atoms with Crippen LogP contribution in [0.1, 0.15) is 5.56 Å². The normalized spacial score (nSPS) is 10.2. The monoisotopic (exact) mass is 263 g/mol. The number of nitrogens with one attached hydrogen (secondary N) is 1. The largest absolute Gasteiger partial charge is 0.325 e. The molecule has 0 unspecified atom stereocenters. The Hall–Kier alpha value is -1.26. The average molecular weight is 263 g/mol. The van der Waals surface area contributed by atoms with Crippen LogP contribution in [0.25, 0.3) is 0 Å². The Bertz CT molecular complexity index is 494. The maximum Gasteiger partial charge on any atom is 0.228 e. The second-order valence-corrected chi connectivity index (χ2v) is 5.18. The predicted octanol–water partition coefficient (Wildman–Crippen LogP) is 3.65. The third kappa shape index (κ3) is 3.35. The lowest BCUT2D eigenvalue weighted by Crippen LogP contribution is -2.14. The molecule has 2 rings (SSSR count). The van der Waals surface area contributed by atoms with E-state index in [-0.39, 0.29) is 5.91 Å². The van der Waals surface area contributed by atoms with Gasteiger partial charge in [0.2, 0.25) is 5.91 Å². The van der Waals surface area contributed by atoms with E-state index in [4.69, 9.17) is 0 Å². The molecule has 1 amide bonds. The fourth-order valence-electron chi connectivity index (χ4n) is 1.52. The van der Waals surface area contributed by atoms with Crippen LogP contribution >= 0.6 is 23.1 Å². The first kappa shape index (κ1) is 12.2. The summed E-state index contributed by atoms with van der Waals surface area (Å²) in [6.07, 6.45) is 2.44. The van der Waals surface area contributed by atoms with Crippen molar-refractivity contribution in [3.8, 4) is 0 Å². The number of hydrogen-bond donors (Lipinski definition) is 1. The van der Waals surface area contributed by atoms with Crippen molar-refractivity contribution in [1.29, 1.82) is 0 Å². The zero-order chi connectivity index (χ0) is 12.1. The Morgan fingerprint density at radius 3 is 2.88 bits per heavy atom. The van der Waals surface area contributed by atoms with Gasteiger partial charge in [0.1, 0.15) is 0 Å². The molecule has 2 nitrogen and oxygen atoms in total. The second-order valence-electron chi connectivity index (χ2n) is 3.56. The number of carbonyl (C=O) groups excluding carboxylic acids is 1. The molecular weight excluding hydrogens is 250 g/mol. The van der Waals surface area contributed by atoms with Crippen LogP contribution in [0.5, 0.6) is 0 Å². The highest BCUT2D eigenvalue weighted by Gasteiger charge is 2.06. The summed E-state index contributed by atoms with van der Waals surface area (Å²) in [7, 11) is 0. The highest BCUT2D eigenvalue weighted by atomic mass is 32.2. The van der Waals surface area contributed by atoms with Crippen molar-refractivity contribution in [1.82, 2.24) is 0 Å². The first-order valence-electron chi connectivity index (χ1n) is 5.23. The molecular formula is C13H13NOS2. The van der Waals surface area contributed by atoms with Gasteiger partial charge in [0.15, 0.2) is 0 Å². The molecule has 17 heavy (non-hydrogen) atoms. The number of para-hydroxylation sites is 1. The molecule has 0 aliphatic carbocycles. The number of rotatable bonds is 4. The Morgan fingerprint density at radius 1 is 1.35 bits per heavy atom. The summed E-state index contributed by atoms with van der Waals surface area (Å²) >= 11 is 3.24. The van der Waals surface area contributed by atoms with Crippen molar-refractivity contribution in [3.05, 3.63) is 46.7 Å². The minimum absolute atomic E-state index is 0.0323. The predicted molar refractivity (Wildman–Crippen MR) is 74.9 cm³/mol. The molecule has 0 saturated heterocycles.